The molecule has 0 radical (unpaired) electrons. The van der Waals surface area contributed by atoms with Gasteiger partial charge in [0, 0.05) is 23.9 Å². The Morgan fingerprint density at radius 3 is 2.33 bits per heavy atom. The lowest BCUT2D eigenvalue weighted by atomic mass is 10.0. The molecule has 3 rings (SSSR count). The van der Waals surface area contributed by atoms with Crippen LogP contribution in [0.5, 0.6) is 23.0 Å². The first-order valence-corrected chi connectivity index (χ1v) is 12.0. The van der Waals surface area contributed by atoms with Crippen LogP contribution in [0.25, 0.3) is 0 Å². The first-order chi connectivity index (χ1) is 15.6. The minimum absolute atomic E-state index is 0.0193. The second-order valence-electron chi connectivity index (χ2n) is 8.01. The zero-order valence-electron chi connectivity index (χ0n) is 19.5. The predicted octanol–water partition coefficient (Wildman–Crippen LogP) is 4.99. The Balaban J connectivity index is 1.94. The number of anilines is 1. The quantitative estimate of drug-likeness (QED) is 0.428. The van der Waals surface area contributed by atoms with E-state index in [1.165, 1.54) is 13.2 Å². The van der Waals surface area contributed by atoms with Crippen LogP contribution in [-0.4, -0.2) is 22.6 Å². The highest BCUT2D eigenvalue weighted by Crippen LogP contribution is 2.35. The number of benzene rings is 3. The third kappa shape index (κ3) is 5.77. The second kappa shape index (κ2) is 10.1. The van der Waals surface area contributed by atoms with Crippen LogP contribution in [0.4, 0.5) is 5.69 Å². The molecular weight excluding hydrogens is 440 g/mol. The predicted molar refractivity (Wildman–Crippen MR) is 130 cm³/mol. The molecule has 7 nitrogen and oxygen atoms in total. The van der Waals surface area contributed by atoms with Gasteiger partial charge in [0.15, 0.2) is 0 Å². The zero-order chi connectivity index (χ0) is 24.2. The lowest BCUT2D eigenvalue weighted by molar-refractivity contribution is 0.390. The number of methoxy groups -OCH3 is 2. The molecule has 0 atom stereocenters. The Morgan fingerprint density at radius 2 is 1.67 bits per heavy atom. The number of nitrogens with two attached hydrogens (primary N) is 1. The van der Waals surface area contributed by atoms with Crippen molar-refractivity contribution in [2.75, 3.05) is 20.0 Å². The molecule has 0 aliphatic carbocycles. The maximum Gasteiger partial charge on any atom is 0.244 e. The largest absolute Gasteiger partial charge is 0.497 e. The average Bonchev–Trinajstić information content (AvgIpc) is 2.78. The van der Waals surface area contributed by atoms with E-state index in [4.69, 9.17) is 19.9 Å². The van der Waals surface area contributed by atoms with E-state index in [-0.39, 0.29) is 23.1 Å². The van der Waals surface area contributed by atoms with E-state index in [0.29, 0.717) is 28.5 Å². The van der Waals surface area contributed by atoms with E-state index in [1.807, 2.05) is 25.1 Å². The SMILES string of the molecule is COc1ccc(CNS(=O)(=O)c2cc(N)ccc2Oc2cc(C)ccc2C(C)C)c(OC)c1. The van der Waals surface area contributed by atoms with Crippen LogP contribution in [0.2, 0.25) is 0 Å². The number of hydrogen-bond donors (Lipinski definition) is 2. The van der Waals surface area contributed by atoms with Gasteiger partial charge in [-0.05, 0) is 54.3 Å². The molecule has 0 saturated heterocycles. The summed E-state index contributed by atoms with van der Waals surface area (Å²) in [7, 11) is -0.886. The van der Waals surface area contributed by atoms with E-state index in [0.717, 1.165) is 11.1 Å². The molecule has 0 aromatic heterocycles. The molecule has 0 aliphatic rings. The van der Waals surface area contributed by atoms with Crippen LogP contribution in [0.1, 0.15) is 36.5 Å². The van der Waals surface area contributed by atoms with Crippen molar-refractivity contribution in [2.45, 2.75) is 38.1 Å². The lowest BCUT2D eigenvalue weighted by Gasteiger charge is -2.18. The van der Waals surface area contributed by atoms with Crippen LogP contribution < -0.4 is 24.7 Å². The van der Waals surface area contributed by atoms with Gasteiger partial charge in [0.1, 0.15) is 27.9 Å². The van der Waals surface area contributed by atoms with Gasteiger partial charge in [-0.1, -0.05) is 32.0 Å². The molecule has 0 saturated carbocycles. The molecule has 3 N–H and O–H groups in total. The molecule has 0 heterocycles. The average molecular weight is 471 g/mol. The molecular formula is C25H30N2O5S. The van der Waals surface area contributed by atoms with Crippen molar-refractivity contribution >= 4 is 15.7 Å². The van der Waals surface area contributed by atoms with E-state index in [1.54, 1.807) is 37.4 Å². The monoisotopic (exact) mass is 470 g/mol. The van der Waals surface area contributed by atoms with E-state index >= 15 is 0 Å². The summed E-state index contributed by atoms with van der Waals surface area (Å²) in [6.45, 7) is 6.09. The summed E-state index contributed by atoms with van der Waals surface area (Å²) in [5.74, 6) is 2.15. The standard InChI is InChI=1S/C25H30N2O5S/c1-16(2)21-10-6-17(3)12-24(21)32-22-11-8-19(26)13-25(22)33(28,29)27-15-18-7-9-20(30-4)14-23(18)31-5/h6-14,16,27H,15,26H2,1-5H3. The van der Waals surface area contributed by atoms with Gasteiger partial charge in [-0.25, -0.2) is 13.1 Å². The van der Waals surface area contributed by atoms with E-state index in [2.05, 4.69) is 18.6 Å². The Morgan fingerprint density at radius 1 is 0.909 bits per heavy atom. The Kier molecular flexibility index (Phi) is 7.50. The summed E-state index contributed by atoms with van der Waals surface area (Å²) in [5.41, 5.74) is 8.90. The van der Waals surface area contributed by atoms with Gasteiger partial charge in [0.25, 0.3) is 0 Å². The van der Waals surface area contributed by atoms with Crippen molar-refractivity contribution in [1.82, 2.24) is 4.72 Å². The summed E-state index contributed by atoms with van der Waals surface area (Å²) < 4.78 is 45.9. The fraction of sp³-hybridized carbons (Fsp3) is 0.280. The van der Waals surface area contributed by atoms with Gasteiger partial charge in [0.2, 0.25) is 10.0 Å². The molecule has 176 valence electrons. The van der Waals surface area contributed by atoms with Crippen LogP contribution in [0.3, 0.4) is 0 Å². The van der Waals surface area contributed by atoms with E-state index in [9.17, 15) is 8.42 Å². The van der Waals surface area contributed by atoms with Crippen LogP contribution in [0.15, 0.2) is 59.5 Å². The molecule has 0 bridgehead atoms. The number of nitrogens with one attached hydrogen (secondary N) is 1. The molecule has 8 heteroatoms. The summed E-state index contributed by atoms with van der Waals surface area (Å²) in [6, 6.07) is 15.7. The summed E-state index contributed by atoms with van der Waals surface area (Å²) in [4.78, 5) is -0.0359. The number of sulfonamides is 1. The highest BCUT2D eigenvalue weighted by Gasteiger charge is 2.22. The fourth-order valence-corrected chi connectivity index (χ4v) is 4.56. The highest BCUT2D eigenvalue weighted by atomic mass is 32.2. The summed E-state index contributed by atoms with van der Waals surface area (Å²) in [6.07, 6.45) is 0. The van der Waals surface area contributed by atoms with Gasteiger partial charge in [0.05, 0.1) is 14.2 Å². The van der Waals surface area contributed by atoms with Gasteiger partial charge < -0.3 is 19.9 Å². The highest BCUT2D eigenvalue weighted by molar-refractivity contribution is 7.89. The first kappa shape index (κ1) is 24.4. The van der Waals surface area contributed by atoms with Gasteiger partial charge in [-0.3, -0.25) is 0 Å². The minimum atomic E-state index is -3.96. The van der Waals surface area contributed by atoms with Crippen molar-refractivity contribution in [2.24, 2.45) is 0 Å². The summed E-state index contributed by atoms with van der Waals surface area (Å²) >= 11 is 0. The van der Waals surface area contributed by atoms with E-state index < -0.39 is 10.0 Å². The molecule has 0 fully saturated rings. The second-order valence-corrected chi connectivity index (χ2v) is 9.74. The number of aryl methyl sites for hydroxylation is 1. The Bertz CT molecular complexity index is 1240. The van der Waals surface area contributed by atoms with Gasteiger partial charge in [-0.15, -0.1) is 0 Å². The topological polar surface area (TPSA) is 99.9 Å². The molecule has 0 amide bonds. The third-order valence-electron chi connectivity index (χ3n) is 5.22. The molecule has 3 aromatic carbocycles. The maximum absolute atomic E-state index is 13.3. The number of nitrogen functional groups attached to an aromatic ring is 1. The van der Waals surface area contributed by atoms with Crippen LogP contribution in [0, 0.1) is 6.92 Å². The van der Waals surface area contributed by atoms with Gasteiger partial charge >= 0.3 is 0 Å². The van der Waals surface area contributed by atoms with Crippen molar-refractivity contribution in [3.63, 3.8) is 0 Å². The van der Waals surface area contributed by atoms with Crippen molar-refractivity contribution in [3.8, 4) is 23.0 Å². The van der Waals surface area contributed by atoms with Crippen LogP contribution in [-0.2, 0) is 16.6 Å². The van der Waals surface area contributed by atoms with Crippen molar-refractivity contribution in [3.05, 3.63) is 71.3 Å². The number of rotatable bonds is 9. The fourth-order valence-electron chi connectivity index (χ4n) is 3.39. The molecule has 0 unspecified atom stereocenters. The molecule has 0 spiro atoms. The Labute approximate surface area is 195 Å². The van der Waals surface area contributed by atoms with Crippen molar-refractivity contribution in [1.29, 1.82) is 0 Å². The van der Waals surface area contributed by atoms with Crippen LogP contribution >= 0.6 is 0 Å². The summed E-state index contributed by atoms with van der Waals surface area (Å²) in [5, 5.41) is 0. The molecule has 0 aliphatic heterocycles. The lowest BCUT2D eigenvalue weighted by Crippen LogP contribution is -2.24. The van der Waals surface area contributed by atoms with Gasteiger partial charge in [-0.2, -0.15) is 0 Å². The first-order valence-electron chi connectivity index (χ1n) is 10.5. The molecule has 3 aromatic rings. The Hall–Kier alpha value is -3.23. The molecule has 33 heavy (non-hydrogen) atoms. The normalized spacial score (nSPS) is 11.5. The number of ether oxygens (including phenoxy) is 3. The smallest absolute Gasteiger partial charge is 0.244 e. The minimum Gasteiger partial charge on any atom is -0.497 e. The number of hydrogen-bond acceptors (Lipinski definition) is 6. The van der Waals surface area contributed by atoms with Crippen molar-refractivity contribution < 1.29 is 22.6 Å². The third-order valence-corrected chi connectivity index (χ3v) is 6.64. The zero-order valence-corrected chi connectivity index (χ0v) is 20.3. The maximum atomic E-state index is 13.3.